The Labute approximate surface area is 121 Å². The van der Waals surface area contributed by atoms with Crippen LogP contribution in [-0.2, 0) is 0 Å². The highest BCUT2D eigenvalue weighted by Gasteiger charge is 2.11. The Morgan fingerprint density at radius 3 is 2.57 bits per heavy atom. The number of nitrogens with zero attached hydrogens (tertiary/aromatic N) is 2. The zero-order valence-electron chi connectivity index (χ0n) is 11.8. The molecular formula is C16H15N3O2. The third-order valence-electron chi connectivity index (χ3n) is 3.71. The first-order valence-corrected chi connectivity index (χ1v) is 6.55. The summed E-state index contributed by atoms with van der Waals surface area (Å²) >= 11 is 0. The number of hydrogen-bond donors (Lipinski definition) is 2. The second-order valence-electron chi connectivity index (χ2n) is 5.12. The van der Waals surface area contributed by atoms with Crippen molar-refractivity contribution >= 4 is 22.7 Å². The molecule has 106 valence electrons. The number of carboxylic acids is 1. The Hall–Kier alpha value is -2.82. The number of aromatic carboxylic acids is 1. The van der Waals surface area contributed by atoms with Crippen LogP contribution in [0.15, 0.2) is 36.7 Å². The van der Waals surface area contributed by atoms with Gasteiger partial charge in [0, 0.05) is 11.4 Å². The number of anilines is 1. The number of aryl methyl sites for hydroxylation is 2. The quantitative estimate of drug-likeness (QED) is 0.708. The maximum Gasteiger partial charge on any atom is 0.337 e. The number of carboxylic acid groups (broad SMARTS) is 1. The predicted octanol–water partition coefficient (Wildman–Crippen LogP) is 2.92. The van der Waals surface area contributed by atoms with E-state index in [0.717, 1.165) is 16.7 Å². The van der Waals surface area contributed by atoms with Crippen molar-refractivity contribution in [3.63, 3.8) is 0 Å². The van der Waals surface area contributed by atoms with Crippen LogP contribution >= 0.6 is 0 Å². The number of aromatic nitrogens is 2. The van der Waals surface area contributed by atoms with Crippen molar-refractivity contribution in [3.8, 4) is 5.69 Å². The number of fused-ring (bicyclic) bond motifs is 1. The number of nitrogens with two attached hydrogens (primary N) is 1. The van der Waals surface area contributed by atoms with Crippen LogP contribution in [0.5, 0.6) is 0 Å². The van der Waals surface area contributed by atoms with Gasteiger partial charge in [0.2, 0.25) is 0 Å². The maximum atomic E-state index is 11.0. The minimum absolute atomic E-state index is 0.107. The summed E-state index contributed by atoms with van der Waals surface area (Å²) in [5.74, 6) is -1.03. The van der Waals surface area contributed by atoms with E-state index >= 15 is 0 Å². The molecule has 0 radical (unpaired) electrons. The predicted molar refractivity (Wildman–Crippen MR) is 81.9 cm³/mol. The molecular weight excluding hydrogens is 266 g/mol. The van der Waals surface area contributed by atoms with Gasteiger partial charge in [0.05, 0.1) is 16.6 Å². The van der Waals surface area contributed by atoms with Gasteiger partial charge in [0.15, 0.2) is 0 Å². The van der Waals surface area contributed by atoms with Crippen LogP contribution in [-0.4, -0.2) is 20.6 Å². The van der Waals surface area contributed by atoms with E-state index in [1.54, 1.807) is 18.5 Å². The number of nitrogen functional groups attached to an aromatic ring is 1. The highest BCUT2D eigenvalue weighted by Crippen LogP contribution is 2.24. The summed E-state index contributed by atoms with van der Waals surface area (Å²) in [6.07, 6.45) is 1.72. The molecule has 3 rings (SSSR count). The second kappa shape index (κ2) is 4.63. The van der Waals surface area contributed by atoms with Gasteiger partial charge in [-0.2, -0.15) is 0 Å². The molecule has 0 aliphatic carbocycles. The van der Waals surface area contributed by atoms with Crippen molar-refractivity contribution in [1.29, 1.82) is 0 Å². The Morgan fingerprint density at radius 1 is 1.19 bits per heavy atom. The first kappa shape index (κ1) is 13.2. The van der Waals surface area contributed by atoms with Crippen molar-refractivity contribution in [1.82, 2.24) is 9.55 Å². The van der Waals surface area contributed by atoms with E-state index < -0.39 is 5.97 Å². The van der Waals surface area contributed by atoms with E-state index in [4.69, 9.17) is 10.8 Å². The van der Waals surface area contributed by atoms with Gasteiger partial charge in [0.1, 0.15) is 6.33 Å². The van der Waals surface area contributed by atoms with Gasteiger partial charge in [-0.3, -0.25) is 4.57 Å². The summed E-state index contributed by atoms with van der Waals surface area (Å²) in [5.41, 5.74) is 11.2. The average Bonchev–Trinajstić information content (AvgIpc) is 2.81. The van der Waals surface area contributed by atoms with Crippen molar-refractivity contribution in [2.75, 3.05) is 5.73 Å². The lowest BCUT2D eigenvalue weighted by molar-refractivity contribution is 0.0698. The minimum atomic E-state index is -1.03. The van der Waals surface area contributed by atoms with Gasteiger partial charge in [-0.15, -0.1) is 0 Å². The number of carbonyl (C=O) groups is 1. The van der Waals surface area contributed by atoms with Gasteiger partial charge in [-0.1, -0.05) is 0 Å². The number of benzene rings is 2. The van der Waals surface area contributed by atoms with Crippen molar-refractivity contribution in [2.45, 2.75) is 13.8 Å². The molecule has 0 fully saturated rings. The lowest BCUT2D eigenvalue weighted by Crippen LogP contribution is -2.03. The van der Waals surface area contributed by atoms with Crippen LogP contribution < -0.4 is 5.73 Å². The molecule has 0 unspecified atom stereocenters. The van der Waals surface area contributed by atoms with Gasteiger partial charge in [-0.05, 0) is 55.3 Å². The normalized spacial score (nSPS) is 11.0. The van der Waals surface area contributed by atoms with Gasteiger partial charge in [0.25, 0.3) is 0 Å². The highest BCUT2D eigenvalue weighted by atomic mass is 16.4. The molecule has 5 heteroatoms. The highest BCUT2D eigenvalue weighted by molar-refractivity contribution is 5.94. The lowest BCUT2D eigenvalue weighted by atomic mass is 10.1. The zero-order valence-corrected chi connectivity index (χ0v) is 11.8. The zero-order chi connectivity index (χ0) is 15.1. The van der Waals surface area contributed by atoms with E-state index in [0.29, 0.717) is 0 Å². The first-order chi connectivity index (χ1) is 9.97. The summed E-state index contributed by atoms with van der Waals surface area (Å²) in [5, 5.41) is 9.03. The van der Waals surface area contributed by atoms with Crippen LogP contribution in [0.2, 0.25) is 0 Å². The second-order valence-corrected chi connectivity index (χ2v) is 5.12. The Morgan fingerprint density at radius 2 is 1.90 bits per heavy atom. The molecule has 1 aromatic heterocycles. The van der Waals surface area contributed by atoms with E-state index in [1.807, 2.05) is 24.5 Å². The fourth-order valence-electron chi connectivity index (χ4n) is 2.36. The fourth-order valence-corrected chi connectivity index (χ4v) is 2.36. The van der Waals surface area contributed by atoms with Gasteiger partial charge in [-0.25, -0.2) is 9.78 Å². The molecule has 21 heavy (non-hydrogen) atoms. The molecule has 3 N–H and O–H groups in total. The van der Waals surface area contributed by atoms with Crippen molar-refractivity contribution in [3.05, 3.63) is 53.3 Å². The molecule has 0 saturated carbocycles. The molecule has 5 nitrogen and oxygen atoms in total. The van der Waals surface area contributed by atoms with Crippen LogP contribution in [0, 0.1) is 13.8 Å². The molecule has 0 aliphatic heterocycles. The molecule has 0 aliphatic rings. The minimum Gasteiger partial charge on any atom is -0.478 e. The van der Waals surface area contributed by atoms with Gasteiger partial charge < -0.3 is 10.8 Å². The largest absolute Gasteiger partial charge is 0.478 e. The molecule has 0 saturated heterocycles. The van der Waals surface area contributed by atoms with Crippen LogP contribution in [0.25, 0.3) is 16.7 Å². The summed E-state index contributed by atoms with van der Waals surface area (Å²) < 4.78 is 1.91. The molecule has 0 spiro atoms. The standard InChI is InChI=1S/C16H15N3O2/c1-9-5-14-15(6-10(9)2)19(8-18-14)11-3-4-12(16(20)21)13(17)7-11/h3-8H,17H2,1-2H3,(H,20,21). The topological polar surface area (TPSA) is 81.1 Å². The van der Waals surface area contributed by atoms with E-state index in [-0.39, 0.29) is 11.3 Å². The SMILES string of the molecule is Cc1cc2ncn(-c3ccc(C(=O)O)c(N)c3)c2cc1C. The Balaban J connectivity index is 2.19. The monoisotopic (exact) mass is 281 g/mol. The summed E-state index contributed by atoms with van der Waals surface area (Å²) in [6, 6.07) is 9.00. The third kappa shape index (κ3) is 2.12. The number of imidazole rings is 1. The maximum absolute atomic E-state index is 11.0. The van der Waals surface area contributed by atoms with Crippen LogP contribution in [0.1, 0.15) is 21.5 Å². The summed E-state index contributed by atoms with van der Waals surface area (Å²) in [7, 11) is 0. The number of hydrogen-bond acceptors (Lipinski definition) is 3. The number of rotatable bonds is 2. The van der Waals surface area contributed by atoms with E-state index in [2.05, 4.69) is 11.1 Å². The smallest absolute Gasteiger partial charge is 0.337 e. The van der Waals surface area contributed by atoms with Crippen LogP contribution in [0.3, 0.4) is 0 Å². The molecule has 1 heterocycles. The van der Waals surface area contributed by atoms with E-state index in [9.17, 15) is 4.79 Å². The van der Waals surface area contributed by atoms with Crippen molar-refractivity contribution in [2.24, 2.45) is 0 Å². The lowest BCUT2D eigenvalue weighted by Gasteiger charge is -2.08. The summed E-state index contributed by atoms with van der Waals surface area (Å²) in [4.78, 5) is 15.4. The first-order valence-electron chi connectivity index (χ1n) is 6.55. The van der Waals surface area contributed by atoms with E-state index in [1.165, 1.54) is 17.2 Å². The average molecular weight is 281 g/mol. The molecule has 0 atom stereocenters. The molecule has 0 bridgehead atoms. The Kier molecular flexibility index (Phi) is 2.90. The molecule has 3 aromatic rings. The van der Waals surface area contributed by atoms with Gasteiger partial charge >= 0.3 is 5.97 Å². The molecule has 0 amide bonds. The van der Waals surface area contributed by atoms with Crippen molar-refractivity contribution < 1.29 is 9.90 Å². The fraction of sp³-hybridized carbons (Fsp3) is 0.125. The molecule has 2 aromatic carbocycles. The third-order valence-corrected chi connectivity index (χ3v) is 3.71. The van der Waals surface area contributed by atoms with Crippen LogP contribution in [0.4, 0.5) is 5.69 Å². The Bertz CT molecular complexity index is 865. The summed E-state index contributed by atoms with van der Waals surface area (Å²) in [6.45, 7) is 4.10.